The van der Waals surface area contributed by atoms with Crippen LogP contribution in [0.15, 0.2) is 48.5 Å². The van der Waals surface area contributed by atoms with Crippen LogP contribution in [-0.2, 0) is 0 Å². The Balaban J connectivity index is 1.63. The summed E-state index contributed by atoms with van der Waals surface area (Å²) in [6, 6.07) is 13.1. The van der Waals surface area contributed by atoms with Gasteiger partial charge in [-0.3, -0.25) is 4.79 Å². The summed E-state index contributed by atoms with van der Waals surface area (Å²) in [4.78, 5) is 14.3. The predicted octanol–water partition coefficient (Wildman–Crippen LogP) is 3.13. The number of carbonyl (C=O) groups is 1. The van der Waals surface area contributed by atoms with Crippen molar-refractivity contribution in [3.8, 4) is 11.5 Å². The van der Waals surface area contributed by atoms with Crippen LogP contribution in [0.4, 0.5) is 4.39 Å². The largest absolute Gasteiger partial charge is 0.497 e. The SMILES string of the molecule is COc1cccc(C(=O)N2CCC(Oc3cccc(F)c3)C2)c1. The van der Waals surface area contributed by atoms with E-state index in [2.05, 4.69) is 0 Å². The lowest BCUT2D eigenvalue weighted by Crippen LogP contribution is -2.30. The number of carbonyl (C=O) groups excluding carboxylic acids is 1. The van der Waals surface area contributed by atoms with Crippen molar-refractivity contribution in [1.82, 2.24) is 4.90 Å². The lowest BCUT2D eigenvalue weighted by atomic mass is 10.2. The van der Waals surface area contributed by atoms with Gasteiger partial charge in [0.15, 0.2) is 0 Å². The summed E-state index contributed by atoms with van der Waals surface area (Å²) >= 11 is 0. The molecule has 0 aliphatic carbocycles. The fourth-order valence-electron chi connectivity index (χ4n) is 2.68. The molecule has 23 heavy (non-hydrogen) atoms. The van der Waals surface area contributed by atoms with Gasteiger partial charge in [0.25, 0.3) is 5.91 Å². The van der Waals surface area contributed by atoms with E-state index in [1.54, 1.807) is 48.4 Å². The number of amides is 1. The molecule has 1 aliphatic heterocycles. The zero-order chi connectivity index (χ0) is 16.2. The molecule has 2 aromatic rings. The summed E-state index contributed by atoms with van der Waals surface area (Å²) in [5, 5.41) is 0. The molecule has 0 spiro atoms. The Morgan fingerprint density at radius 1 is 1.17 bits per heavy atom. The van der Waals surface area contributed by atoms with Crippen molar-refractivity contribution < 1.29 is 18.7 Å². The summed E-state index contributed by atoms with van der Waals surface area (Å²) in [5.41, 5.74) is 0.593. The lowest BCUT2D eigenvalue weighted by Gasteiger charge is -2.17. The van der Waals surface area contributed by atoms with Gasteiger partial charge in [-0.1, -0.05) is 12.1 Å². The van der Waals surface area contributed by atoms with Gasteiger partial charge in [0, 0.05) is 24.6 Å². The Bertz CT molecular complexity index is 704. The van der Waals surface area contributed by atoms with Crippen molar-refractivity contribution in [1.29, 1.82) is 0 Å². The van der Waals surface area contributed by atoms with E-state index in [1.807, 2.05) is 0 Å². The van der Waals surface area contributed by atoms with Crippen molar-refractivity contribution in [3.05, 3.63) is 59.9 Å². The quantitative estimate of drug-likeness (QED) is 0.870. The maximum Gasteiger partial charge on any atom is 0.254 e. The molecular weight excluding hydrogens is 297 g/mol. The molecule has 0 saturated carbocycles. The first kappa shape index (κ1) is 15.3. The normalized spacial score (nSPS) is 17.1. The highest BCUT2D eigenvalue weighted by Crippen LogP contribution is 2.21. The van der Waals surface area contributed by atoms with Crippen LogP contribution in [0.1, 0.15) is 16.8 Å². The van der Waals surface area contributed by atoms with Crippen LogP contribution in [0.2, 0.25) is 0 Å². The summed E-state index contributed by atoms with van der Waals surface area (Å²) in [7, 11) is 1.57. The Kier molecular flexibility index (Phi) is 4.46. The van der Waals surface area contributed by atoms with Crippen LogP contribution in [0.5, 0.6) is 11.5 Å². The molecule has 1 unspecified atom stereocenters. The minimum Gasteiger partial charge on any atom is -0.497 e. The third-order valence-corrected chi connectivity index (χ3v) is 3.85. The first-order valence-corrected chi connectivity index (χ1v) is 7.51. The number of halogens is 1. The fraction of sp³-hybridized carbons (Fsp3) is 0.278. The maximum absolute atomic E-state index is 13.2. The topological polar surface area (TPSA) is 38.8 Å². The van der Waals surface area contributed by atoms with Crippen LogP contribution in [0.25, 0.3) is 0 Å². The molecule has 0 N–H and O–H groups in total. The standard InChI is InChI=1S/C18H18FNO3/c1-22-15-6-2-4-13(10-15)18(21)20-9-8-17(12-20)23-16-7-3-5-14(19)11-16/h2-7,10-11,17H,8-9,12H2,1H3. The number of methoxy groups -OCH3 is 1. The van der Waals surface area contributed by atoms with Crippen LogP contribution in [-0.4, -0.2) is 37.1 Å². The molecule has 1 heterocycles. The van der Waals surface area contributed by atoms with E-state index >= 15 is 0 Å². The molecule has 3 rings (SSSR count). The fourth-order valence-corrected chi connectivity index (χ4v) is 2.68. The zero-order valence-corrected chi connectivity index (χ0v) is 12.9. The number of likely N-dealkylation sites (tertiary alicyclic amines) is 1. The number of rotatable bonds is 4. The summed E-state index contributed by atoms with van der Waals surface area (Å²) in [6.07, 6.45) is 0.609. The Morgan fingerprint density at radius 2 is 1.96 bits per heavy atom. The van der Waals surface area contributed by atoms with Crippen LogP contribution in [0.3, 0.4) is 0 Å². The smallest absolute Gasteiger partial charge is 0.254 e. The lowest BCUT2D eigenvalue weighted by molar-refractivity contribution is 0.0772. The highest BCUT2D eigenvalue weighted by molar-refractivity contribution is 5.94. The van der Waals surface area contributed by atoms with Crippen molar-refractivity contribution in [2.24, 2.45) is 0 Å². The van der Waals surface area contributed by atoms with E-state index in [4.69, 9.17) is 9.47 Å². The van der Waals surface area contributed by atoms with Gasteiger partial charge in [-0.15, -0.1) is 0 Å². The number of ether oxygens (including phenoxy) is 2. The van der Waals surface area contributed by atoms with E-state index in [-0.39, 0.29) is 17.8 Å². The average molecular weight is 315 g/mol. The first-order valence-electron chi connectivity index (χ1n) is 7.51. The molecular formula is C18H18FNO3. The van der Waals surface area contributed by atoms with Crippen molar-refractivity contribution in [2.75, 3.05) is 20.2 Å². The average Bonchev–Trinajstić information content (AvgIpc) is 3.02. The molecule has 1 amide bonds. The Labute approximate surface area is 134 Å². The van der Waals surface area contributed by atoms with Gasteiger partial charge in [0.05, 0.1) is 13.7 Å². The number of nitrogens with zero attached hydrogens (tertiary/aromatic N) is 1. The second kappa shape index (κ2) is 6.69. The third-order valence-electron chi connectivity index (χ3n) is 3.85. The monoisotopic (exact) mass is 315 g/mol. The van der Waals surface area contributed by atoms with Crippen molar-refractivity contribution in [3.63, 3.8) is 0 Å². The van der Waals surface area contributed by atoms with Gasteiger partial charge in [-0.05, 0) is 30.3 Å². The van der Waals surface area contributed by atoms with E-state index in [1.165, 1.54) is 12.1 Å². The minimum absolute atomic E-state index is 0.0470. The Hall–Kier alpha value is -2.56. The highest BCUT2D eigenvalue weighted by Gasteiger charge is 2.28. The second-order valence-corrected chi connectivity index (χ2v) is 5.47. The van der Waals surface area contributed by atoms with Gasteiger partial charge < -0.3 is 14.4 Å². The predicted molar refractivity (Wildman–Crippen MR) is 84.3 cm³/mol. The van der Waals surface area contributed by atoms with Gasteiger partial charge in [0.2, 0.25) is 0 Å². The summed E-state index contributed by atoms with van der Waals surface area (Å²) in [5.74, 6) is 0.771. The molecule has 0 bridgehead atoms. The van der Waals surface area contributed by atoms with Crippen LogP contribution >= 0.6 is 0 Å². The van der Waals surface area contributed by atoms with Gasteiger partial charge >= 0.3 is 0 Å². The third kappa shape index (κ3) is 3.62. The molecule has 4 nitrogen and oxygen atoms in total. The van der Waals surface area contributed by atoms with E-state index in [0.29, 0.717) is 30.2 Å². The van der Waals surface area contributed by atoms with Crippen molar-refractivity contribution in [2.45, 2.75) is 12.5 Å². The molecule has 1 saturated heterocycles. The minimum atomic E-state index is -0.329. The van der Waals surface area contributed by atoms with Crippen molar-refractivity contribution >= 4 is 5.91 Å². The molecule has 120 valence electrons. The number of benzene rings is 2. The second-order valence-electron chi connectivity index (χ2n) is 5.47. The number of hydrogen-bond donors (Lipinski definition) is 0. The van der Waals surface area contributed by atoms with Gasteiger partial charge in [-0.2, -0.15) is 0 Å². The zero-order valence-electron chi connectivity index (χ0n) is 12.9. The summed E-state index contributed by atoms with van der Waals surface area (Å²) < 4.78 is 24.1. The molecule has 1 aliphatic rings. The van der Waals surface area contributed by atoms with E-state index in [9.17, 15) is 9.18 Å². The number of hydrogen-bond acceptors (Lipinski definition) is 3. The van der Waals surface area contributed by atoms with Crippen LogP contribution in [0, 0.1) is 5.82 Å². The molecule has 1 fully saturated rings. The Morgan fingerprint density at radius 3 is 2.74 bits per heavy atom. The maximum atomic E-state index is 13.2. The van der Waals surface area contributed by atoms with Crippen LogP contribution < -0.4 is 9.47 Å². The molecule has 1 atom stereocenters. The molecule has 0 radical (unpaired) electrons. The van der Waals surface area contributed by atoms with E-state index < -0.39 is 0 Å². The summed E-state index contributed by atoms with van der Waals surface area (Å²) in [6.45, 7) is 1.11. The molecule has 2 aromatic carbocycles. The van der Waals surface area contributed by atoms with E-state index in [0.717, 1.165) is 6.42 Å². The van der Waals surface area contributed by atoms with Gasteiger partial charge in [-0.25, -0.2) is 4.39 Å². The van der Waals surface area contributed by atoms with Gasteiger partial charge in [0.1, 0.15) is 23.4 Å². The highest BCUT2D eigenvalue weighted by atomic mass is 19.1. The first-order chi connectivity index (χ1) is 11.2. The molecule has 5 heteroatoms. The molecule has 0 aromatic heterocycles.